The van der Waals surface area contributed by atoms with Gasteiger partial charge >= 0.3 is 0 Å². The Balaban J connectivity index is 2.55. The molecule has 0 radical (unpaired) electrons. The first-order valence-corrected chi connectivity index (χ1v) is 6.19. The summed E-state index contributed by atoms with van der Waals surface area (Å²) in [6.07, 6.45) is 0. The molecular formula is C14H24NO3+. The fraction of sp³-hybridized carbons (Fsp3) is 0.571. The first kappa shape index (κ1) is 15.0. The molecule has 1 rings (SSSR count). The number of benzene rings is 1. The molecule has 1 unspecified atom stereocenters. The van der Waals surface area contributed by atoms with Crippen molar-refractivity contribution in [2.75, 3.05) is 33.9 Å². The fourth-order valence-electron chi connectivity index (χ4n) is 2.04. The predicted molar refractivity (Wildman–Crippen MR) is 70.7 cm³/mol. The van der Waals surface area contributed by atoms with Gasteiger partial charge in [-0.3, -0.25) is 0 Å². The molecule has 102 valence electrons. The maximum atomic E-state index is 9.28. The molecule has 4 nitrogen and oxygen atoms in total. The molecule has 0 aliphatic rings. The van der Waals surface area contributed by atoms with Gasteiger partial charge in [0, 0.05) is 5.56 Å². The molecule has 0 aliphatic carbocycles. The van der Waals surface area contributed by atoms with Crippen LogP contribution >= 0.6 is 0 Å². The van der Waals surface area contributed by atoms with Gasteiger partial charge in [0.15, 0.2) is 0 Å². The lowest BCUT2D eigenvalue weighted by Gasteiger charge is -2.27. The second kappa shape index (κ2) is 6.73. The number of methoxy groups -OCH3 is 1. The van der Waals surface area contributed by atoms with E-state index in [-0.39, 0.29) is 13.2 Å². The molecule has 1 aromatic carbocycles. The van der Waals surface area contributed by atoms with Crippen molar-refractivity contribution in [2.24, 2.45) is 5.41 Å². The van der Waals surface area contributed by atoms with E-state index in [9.17, 15) is 10.2 Å². The van der Waals surface area contributed by atoms with Crippen LogP contribution in [0.1, 0.15) is 12.5 Å². The number of quaternary nitrogens is 1. The van der Waals surface area contributed by atoms with Crippen LogP contribution in [0, 0.1) is 5.41 Å². The number of aliphatic hydroxyl groups is 2. The summed E-state index contributed by atoms with van der Waals surface area (Å²) in [7, 11) is 3.72. The van der Waals surface area contributed by atoms with E-state index in [0.29, 0.717) is 0 Å². The molecule has 1 aromatic rings. The fourth-order valence-corrected chi connectivity index (χ4v) is 2.04. The summed E-state index contributed by atoms with van der Waals surface area (Å²) in [5, 5.41) is 18.6. The minimum absolute atomic E-state index is 0.00343. The summed E-state index contributed by atoms with van der Waals surface area (Å²) in [5.41, 5.74) is 0.794. The van der Waals surface area contributed by atoms with E-state index in [1.807, 2.05) is 31.2 Å². The van der Waals surface area contributed by atoms with Crippen molar-refractivity contribution in [2.45, 2.75) is 13.5 Å². The number of aliphatic hydroxyl groups excluding tert-OH is 2. The second-order valence-electron chi connectivity index (χ2n) is 5.29. The third-order valence-corrected chi connectivity index (χ3v) is 3.16. The van der Waals surface area contributed by atoms with E-state index >= 15 is 0 Å². The van der Waals surface area contributed by atoms with E-state index in [0.717, 1.165) is 18.8 Å². The minimum Gasteiger partial charge on any atom is -0.497 e. The maximum Gasteiger partial charge on any atom is 0.118 e. The van der Waals surface area contributed by atoms with Gasteiger partial charge < -0.3 is 19.8 Å². The largest absolute Gasteiger partial charge is 0.497 e. The van der Waals surface area contributed by atoms with Crippen molar-refractivity contribution < 1.29 is 19.8 Å². The third kappa shape index (κ3) is 4.29. The molecule has 0 aromatic heterocycles. The molecule has 0 amide bonds. The molecule has 0 bridgehead atoms. The van der Waals surface area contributed by atoms with E-state index < -0.39 is 5.41 Å². The van der Waals surface area contributed by atoms with Gasteiger partial charge in [-0.15, -0.1) is 0 Å². The van der Waals surface area contributed by atoms with Gasteiger partial charge in [-0.05, 0) is 31.2 Å². The number of rotatable bonds is 7. The maximum absolute atomic E-state index is 9.28. The molecule has 0 spiro atoms. The number of nitrogens with one attached hydrogen (secondary N) is 1. The van der Waals surface area contributed by atoms with Crippen LogP contribution in [0.2, 0.25) is 0 Å². The number of hydrogen-bond acceptors (Lipinski definition) is 3. The molecular weight excluding hydrogens is 230 g/mol. The first-order valence-electron chi connectivity index (χ1n) is 6.19. The summed E-state index contributed by atoms with van der Waals surface area (Å²) in [6, 6.07) is 7.97. The van der Waals surface area contributed by atoms with Crippen molar-refractivity contribution in [1.82, 2.24) is 0 Å². The van der Waals surface area contributed by atoms with Gasteiger partial charge in [-0.25, -0.2) is 0 Å². The van der Waals surface area contributed by atoms with E-state index in [4.69, 9.17) is 4.74 Å². The van der Waals surface area contributed by atoms with Gasteiger partial charge in [-0.1, -0.05) is 0 Å². The Morgan fingerprint density at radius 3 is 2.17 bits per heavy atom. The van der Waals surface area contributed by atoms with Crippen molar-refractivity contribution in [3.8, 4) is 5.75 Å². The van der Waals surface area contributed by atoms with E-state index in [1.165, 1.54) is 10.5 Å². The Morgan fingerprint density at radius 2 is 1.72 bits per heavy atom. The highest BCUT2D eigenvalue weighted by Crippen LogP contribution is 2.12. The standard InChI is InChI=1S/C14H23NO3/c1-14(10-16,11-17)9-15(2)8-12-4-6-13(18-3)7-5-12/h4-7,16-17H,8-11H2,1-3H3/p+1. The van der Waals surface area contributed by atoms with Gasteiger partial charge in [0.05, 0.1) is 39.3 Å². The summed E-state index contributed by atoms with van der Waals surface area (Å²) in [4.78, 5) is 1.26. The predicted octanol–water partition coefficient (Wildman–Crippen LogP) is -0.299. The monoisotopic (exact) mass is 254 g/mol. The first-order chi connectivity index (χ1) is 8.53. The lowest BCUT2D eigenvalue weighted by atomic mass is 9.92. The highest BCUT2D eigenvalue weighted by molar-refractivity contribution is 5.26. The zero-order valence-corrected chi connectivity index (χ0v) is 11.4. The normalized spacial score (nSPS) is 13.4. The highest BCUT2D eigenvalue weighted by Gasteiger charge is 2.27. The second-order valence-corrected chi connectivity index (χ2v) is 5.29. The summed E-state index contributed by atoms with van der Waals surface area (Å²) < 4.78 is 5.12. The van der Waals surface area contributed by atoms with Gasteiger partial charge in [0.25, 0.3) is 0 Å². The third-order valence-electron chi connectivity index (χ3n) is 3.16. The smallest absolute Gasteiger partial charge is 0.118 e. The average Bonchev–Trinajstić information content (AvgIpc) is 2.39. The lowest BCUT2D eigenvalue weighted by molar-refractivity contribution is -0.900. The molecule has 18 heavy (non-hydrogen) atoms. The minimum atomic E-state index is -0.420. The molecule has 0 heterocycles. The van der Waals surface area contributed by atoms with Crippen molar-refractivity contribution in [3.05, 3.63) is 29.8 Å². The van der Waals surface area contributed by atoms with Crippen LogP contribution in [0.15, 0.2) is 24.3 Å². The van der Waals surface area contributed by atoms with Gasteiger partial charge in [0.2, 0.25) is 0 Å². The lowest BCUT2D eigenvalue weighted by Crippen LogP contribution is -3.09. The summed E-state index contributed by atoms with van der Waals surface area (Å²) in [5.74, 6) is 0.854. The van der Waals surface area contributed by atoms with Crippen molar-refractivity contribution in [1.29, 1.82) is 0 Å². The Kier molecular flexibility index (Phi) is 5.59. The molecule has 0 saturated heterocycles. The summed E-state index contributed by atoms with van der Waals surface area (Å²) in [6.45, 7) is 3.49. The SMILES string of the molecule is COc1ccc(C[NH+](C)CC(C)(CO)CO)cc1. The topological polar surface area (TPSA) is 54.1 Å². The Labute approximate surface area is 109 Å². The Morgan fingerprint density at radius 1 is 1.17 bits per heavy atom. The van der Waals surface area contributed by atoms with Crippen LogP contribution in [0.3, 0.4) is 0 Å². The zero-order chi connectivity index (χ0) is 13.6. The van der Waals surface area contributed by atoms with Crippen molar-refractivity contribution in [3.63, 3.8) is 0 Å². The number of ether oxygens (including phenoxy) is 1. The van der Waals surface area contributed by atoms with E-state index in [1.54, 1.807) is 7.11 Å². The number of hydrogen-bond donors (Lipinski definition) is 3. The average molecular weight is 254 g/mol. The molecule has 0 fully saturated rings. The van der Waals surface area contributed by atoms with Crippen molar-refractivity contribution >= 4 is 0 Å². The van der Waals surface area contributed by atoms with Crippen LogP contribution in [0.5, 0.6) is 5.75 Å². The van der Waals surface area contributed by atoms with Crippen LogP contribution in [-0.2, 0) is 6.54 Å². The molecule has 0 aliphatic heterocycles. The van der Waals surface area contributed by atoms with Gasteiger partial charge in [-0.2, -0.15) is 0 Å². The molecule has 4 heteroatoms. The molecule has 0 saturated carbocycles. The molecule has 1 atom stereocenters. The highest BCUT2D eigenvalue weighted by atomic mass is 16.5. The van der Waals surface area contributed by atoms with Gasteiger partial charge in [0.1, 0.15) is 12.3 Å². The summed E-state index contributed by atoms with van der Waals surface area (Å²) >= 11 is 0. The van der Waals surface area contributed by atoms with Crippen LogP contribution in [0.4, 0.5) is 0 Å². The van der Waals surface area contributed by atoms with E-state index in [2.05, 4.69) is 7.05 Å². The Hall–Kier alpha value is -1.10. The Bertz CT molecular complexity index is 347. The zero-order valence-electron chi connectivity index (χ0n) is 11.4. The van der Waals surface area contributed by atoms with Crippen LogP contribution < -0.4 is 9.64 Å². The quantitative estimate of drug-likeness (QED) is 0.626. The molecule has 3 N–H and O–H groups in total. The van der Waals surface area contributed by atoms with Crippen LogP contribution in [0.25, 0.3) is 0 Å². The van der Waals surface area contributed by atoms with Crippen LogP contribution in [-0.4, -0.2) is 44.1 Å².